The smallest absolute Gasteiger partial charge is 0.272 e. The highest BCUT2D eigenvalue weighted by Gasteiger charge is 2.25. The molecular formula is C36H27FN6O3. The van der Waals surface area contributed by atoms with Crippen molar-refractivity contribution in [3.8, 4) is 17.6 Å². The third-order valence-electron chi connectivity index (χ3n) is 8.20. The number of carbonyl (C=O) groups excluding carboxylic acids is 1. The van der Waals surface area contributed by atoms with Crippen LogP contribution in [-0.2, 0) is 6.42 Å². The lowest BCUT2D eigenvalue weighted by atomic mass is 10.0. The lowest BCUT2D eigenvalue weighted by Crippen LogP contribution is -2.49. The van der Waals surface area contributed by atoms with Gasteiger partial charge in [-0.25, -0.2) is 14.5 Å². The summed E-state index contributed by atoms with van der Waals surface area (Å²) in [7, 11) is 0. The first kappa shape index (κ1) is 28.7. The SMILES string of the molecule is N#Cc1ccc(N2CCN(C(=O)c3cc(Cc4n[nH]c(=O)c5ccc(Oc6ccc7ccccc7c6)cc45)ccc3F)CC2)nc1. The lowest BCUT2D eigenvalue weighted by Gasteiger charge is -2.35. The fourth-order valence-corrected chi connectivity index (χ4v) is 5.75. The molecule has 1 saturated heterocycles. The van der Waals surface area contributed by atoms with E-state index in [1.807, 2.05) is 47.4 Å². The predicted octanol–water partition coefficient (Wildman–Crippen LogP) is 5.83. The molecule has 0 aliphatic carbocycles. The Kier molecular flexibility index (Phi) is 7.56. The zero-order valence-electron chi connectivity index (χ0n) is 24.6. The number of fused-ring (bicyclic) bond motifs is 2. The van der Waals surface area contributed by atoms with Crippen LogP contribution in [-0.4, -0.2) is 52.2 Å². The Morgan fingerprint density at radius 2 is 1.67 bits per heavy atom. The number of anilines is 1. The number of aromatic amines is 1. The van der Waals surface area contributed by atoms with Crippen LogP contribution in [0.3, 0.4) is 0 Å². The van der Waals surface area contributed by atoms with Crippen LogP contribution in [0.1, 0.15) is 27.2 Å². The Bertz CT molecular complexity index is 2200. The number of hydrogen-bond donors (Lipinski definition) is 1. The second kappa shape index (κ2) is 12.1. The van der Waals surface area contributed by atoms with Crippen molar-refractivity contribution in [1.82, 2.24) is 20.1 Å². The highest BCUT2D eigenvalue weighted by atomic mass is 19.1. The molecule has 0 radical (unpaired) electrons. The maximum Gasteiger partial charge on any atom is 0.272 e. The van der Waals surface area contributed by atoms with Crippen molar-refractivity contribution >= 4 is 33.3 Å². The molecule has 3 heterocycles. The van der Waals surface area contributed by atoms with Gasteiger partial charge in [0.2, 0.25) is 0 Å². The summed E-state index contributed by atoms with van der Waals surface area (Å²) in [4.78, 5) is 34.1. The Hall–Kier alpha value is -6.08. The summed E-state index contributed by atoms with van der Waals surface area (Å²) in [6, 6.07) is 29.1. The first-order chi connectivity index (χ1) is 22.4. The largest absolute Gasteiger partial charge is 0.457 e. The number of nitriles is 1. The standard InChI is InChI=1S/C36H27FN6O3/c37-32-11-5-23(17-31(32)36(45)43-15-13-42(14-16-43)34-12-6-24(21-38)22-39-34)18-33-30-20-28(9-10-29(30)35(44)41-40-33)46-27-8-7-25-3-1-2-4-26(25)19-27/h1-12,17,19-20,22H,13-16,18H2,(H,41,44). The Labute approximate surface area is 263 Å². The van der Waals surface area contributed by atoms with Gasteiger partial charge in [-0.15, -0.1) is 0 Å². The molecule has 6 aromatic rings. The Morgan fingerprint density at radius 3 is 2.46 bits per heavy atom. The van der Waals surface area contributed by atoms with Crippen LogP contribution in [0, 0.1) is 17.1 Å². The second-order valence-corrected chi connectivity index (χ2v) is 11.1. The highest BCUT2D eigenvalue weighted by Crippen LogP contribution is 2.29. The van der Waals surface area contributed by atoms with E-state index in [9.17, 15) is 9.59 Å². The summed E-state index contributed by atoms with van der Waals surface area (Å²) in [6.07, 6.45) is 1.78. The van der Waals surface area contributed by atoms with Gasteiger partial charge in [0.25, 0.3) is 11.5 Å². The van der Waals surface area contributed by atoms with E-state index >= 15 is 4.39 Å². The van der Waals surface area contributed by atoms with Crippen molar-refractivity contribution in [2.24, 2.45) is 0 Å². The third-order valence-corrected chi connectivity index (χ3v) is 8.20. The van der Waals surface area contributed by atoms with Crippen LogP contribution < -0.4 is 15.2 Å². The zero-order valence-corrected chi connectivity index (χ0v) is 24.6. The Balaban J connectivity index is 1.10. The second-order valence-electron chi connectivity index (χ2n) is 11.1. The van der Waals surface area contributed by atoms with Crippen LogP contribution in [0.4, 0.5) is 10.2 Å². The maximum absolute atomic E-state index is 15.0. The van der Waals surface area contributed by atoms with Gasteiger partial charge in [0, 0.05) is 44.2 Å². The molecule has 0 unspecified atom stereocenters. The summed E-state index contributed by atoms with van der Waals surface area (Å²) in [5.41, 5.74) is 1.37. The van der Waals surface area contributed by atoms with E-state index in [4.69, 9.17) is 10.00 Å². The summed E-state index contributed by atoms with van der Waals surface area (Å²) in [5, 5.41) is 19.1. The molecule has 1 aliphatic rings. The number of nitrogens with zero attached hydrogens (tertiary/aromatic N) is 5. The fraction of sp³-hybridized carbons (Fsp3) is 0.139. The number of pyridine rings is 1. The number of ether oxygens (including phenoxy) is 1. The van der Waals surface area contributed by atoms with Gasteiger partial charge in [-0.05, 0) is 70.9 Å². The predicted molar refractivity (Wildman–Crippen MR) is 173 cm³/mol. The van der Waals surface area contributed by atoms with E-state index in [0.717, 1.165) is 16.6 Å². The molecule has 0 bridgehead atoms. The van der Waals surface area contributed by atoms with Crippen LogP contribution in [0.15, 0.2) is 102 Å². The van der Waals surface area contributed by atoms with Crippen molar-refractivity contribution < 1.29 is 13.9 Å². The number of nitrogens with one attached hydrogen (secondary N) is 1. The number of piperazine rings is 1. The summed E-state index contributed by atoms with van der Waals surface area (Å²) in [5.74, 6) is 0.938. The number of carbonyl (C=O) groups is 1. The van der Waals surface area contributed by atoms with Crippen molar-refractivity contribution in [2.75, 3.05) is 31.1 Å². The molecule has 1 aliphatic heterocycles. The van der Waals surface area contributed by atoms with Crippen LogP contribution in [0.2, 0.25) is 0 Å². The molecule has 1 N–H and O–H groups in total. The zero-order chi connectivity index (χ0) is 31.6. The summed E-state index contributed by atoms with van der Waals surface area (Å²) >= 11 is 0. The molecule has 226 valence electrons. The van der Waals surface area contributed by atoms with E-state index in [0.29, 0.717) is 65.3 Å². The van der Waals surface area contributed by atoms with Crippen molar-refractivity contribution in [1.29, 1.82) is 5.26 Å². The molecule has 1 amide bonds. The molecule has 2 aromatic heterocycles. The number of aromatic nitrogens is 3. The van der Waals surface area contributed by atoms with Crippen molar-refractivity contribution in [3.05, 3.63) is 136 Å². The van der Waals surface area contributed by atoms with Gasteiger partial charge in [0.1, 0.15) is 29.2 Å². The molecular weight excluding hydrogens is 583 g/mol. The minimum absolute atomic E-state index is 0.0171. The van der Waals surface area contributed by atoms with Gasteiger partial charge in [-0.3, -0.25) is 9.59 Å². The van der Waals surface area contributed by atoms with Crippen LogP contribution in [0.5, 0.6) is 11.5 Å². The average Bonchev–Trinajstić information content (AvgIpc) is 3.10. The van der Waals surface area contributed by atoms with E-state index in [1.54, 1.807) is 47.4 Å². The molecule has 4 aromatic carbocycles. The number of halogens is 1. The Morgan fingerprint density at radius 1 is 0.891 bits per heavy atom. The lowest BCUT2D eigenvalue weighted by molar-refractivity contribution is 0.0741. The number of hydrogen-bond acceptors (Lipinski definition) is 7. The molecule has 46 heavy (non-hydrogen) atoms. The number of benzene rings is 4. The first-order valence-corrected chi connectivity index (χ1v) is 14.8. The van der Waals surface area contributed by atoms with Gasteiger partial charge in [-0.1, -0.05) is 36.4 Å². The summed E-state index contributed by atoms with van der Waals surface area (Å²) < 4.78 is 21.2. The molecule has 1 fully saturated rings. The van der Waals surface area contributed by atoms with E-state index in [-0.39, 0.29) is 17.5 Å². The van der Waals surface area contributed by atoms with Crippen molar-refractivity contribution in [3.63, 3.8) is 0 Å². The van der Waals surface area contributed by atoms with Gasteiger partial charge >= 0.3 is 0 Å². The third kappa shape index (κ3) is 5.74. The number of amides is 1. The minimum Gasteiger partial charge on any atom is -0.457 e. The molecule has 9 nitrogen and oxygen atoms in total. The van der Waals surface area contributed by atoms with Gasteiger partial charge in [-0.2, -0.15) is 10.4 Å². The fourth-order valence-electron chi connectivity index (χ4n) is 5.75. The van der Waals surface area contributed by atoms with Crippen molar-refractivity contribution in [2.45, 2.75) is 6.42 Å². The molecule has 0 spiro atoms. The molecule has 0 saturated carbocycles. The normalized spacial score (nSPS) is 13.1. The monoisotopic (exact) mass is 610 g/mol. The van der Waals surface area contributed by atoms with Gasteiger partial charge in [0.15, 0.2) is 0 Å². The average molecular weight is 611 g/mol. The van der Waals surface area contributed by atoms with Gasteiger partial charge < -0.3 is 14.5 Å². The van der Waals surface area contributed by atoms with Crippen LogP contribution >= 0.6 is 0 Å². The minimum atomic E-state index is -0.602. The first-order valence-electron chi connectivity index (χ1n) is 14.8. The number of H-pyrrole nitrogens is 1. The van der Waals surface area contributed by atoms with E-state index in [2.05, 4.69) is 21.3 Å². The van der Waals surface area contributed by atoms with Crippen LogP contribution in [0.25, 0.3) is 21.5 Å². The molecule has 10 heteroatoms. The maximum atomic E-state index is 15.0. The van der Waals surface area contributed by atoms with E-state index in [1.165, 1.54) is 12.3 Å². The highest BCUT2D eigenvalue weighted by molar-refractivity contribution is 5.95. The van der Waals surface area contributed by atoms with E-state index < -0.39 is 11.7 Å². The topological polar surface area (TPSA) is 115 Å². The molecule has 0 atom stereocenters. The quantitative estimate of drug-likeness (QED) is 0.252. The van der Waals surface area contributed by atoms with Gasteiger partial charge in [0.05, 0.1) is 22.2 Å². The summed E-state index contributed by atoms with van der Waals surface area (Å²) in [6.45, 7) is 1.86. The number of rotatable bonds is 6. The molecule has 7 rings (SSSR count).